The van der Waals surface area contributed by atoms with Crippen molar-refractivity contribution in [2.45, 2.75) is 12.8 Å². The molecule has 4 heterocycles. The second kappa shape index (κ2) is 14.4. The number of aromatic nitrogens is 4. The van der Waals surface area contributed by atoms with Crippen LogP contribution in [0.1, 0.15) is 29.5 Å². The Kier molecular flexibility index (Phi) is 8.54. The number of hydrogen-bond acceptors (Lipinski definition) is 6. The highest BCUT2D eigenvalue weighted by molar-refractivity contribution is 6.14. The number of hydrogen-bond donors (Lipinski definition) is 0. The quantitative estimate of drug-likeness (QED) is 0.171. The Bertz CT molecular complexity index is 3000. The second-order valence-corrected chi connectivity index (χ2v) is 13.9. The Morgan fingerprint density at radius 3 is 1.71 bits per heavy atom. The smallest absolute Gasteiger partial charge is 0.178 e. The normalized spacial score (nSPS) is 16.0. The molecule has 0 bridgehead atoms. The Labute approximate surface area is 324 Å². The minimum absolute atomic E-state index is 0.615. The number of rotatable bonds is 6. The fourth-order valence-electron chi connectivity index (χ4n) is 7.24. The SMILES string of the molecule is C1=C(c2ccc(-c3ccc4ccc(-c5ccc6ccc(-c7ncc8ccccc8n7)nc6c5)cc4n3)cc2)/N=C(c2ccccc2)\N=C(\c2ccccc2)CC\1. The lowest BCUT2D eigenvalue weighted by Crippen LogP contribution is -2.09. The zero-order chi connectivity index (χ0) is 37.3. The number of fused-ring (bicyclic) bond motifs is 3. The highest BCUT2D eigenvalue weighted by atomic mass is 14.9. The molecule has 0 radical (unpaired) electrons. The molecule has 0 aliphatic carbocycles. The predicted octanol–water partition coefficient (Wildman–Crippen LogP) is 11.8. The number of pyridine rings is 2. The fourth-order valence-corrected chi connectivity index (χ4v) is 7.24. The highest BCUT2D eigenvalue weighted by Gasteiger charge is 2.14. The van der Waals surface area contributed by atoms with Crippen LogP contribution in [-0.2, 0) is 0 Å². The number of nitrogens with zero attached hydrogens (tertiary/aromatic N) is 6. The molecule has 0 atom stereocenters. The van der Waals surface area contributed by atoms with Gasteiger partial charge in [0.15, 0.2) is 11.7 Å². The van der Waals surface area contributed by atoms with Crippen molar-refractivity contribution in [2.75, 3.05) is 0 Å². The van der Waals surface area contributed by atoms with Crippen LogP contribution in [-0.4, -0.2) is 31.5 Å². The monoisotopic (exact) mass is 718 g/mol. The maximum Gasteiger partial charge on any atom is 0.178 e. The van der Waals surface area contributed by atoms with Gasteiger partial charge in [-0.1, -0.05) is 146 Å². The molecule has 1 aliphatic rings. The minimum Gasteiger partial charge on any atom is -0.248 e. The molecule has 0 unspecified atom stereocenters. The van der Waals surface area contributed by atoms with E-state index >= 15 is 0 Å². The van der Waals surface area contributed by atoms with Gasteiger partial charge in [-0.15, -0.1) is 0 Å². The lowest BCUT2D eigenvalue weighted by molar-refractivity contribution is 1.08. The van der Waals surface area contributed by atoms with Crippen molar-refractivity contribution in [1.82, 2.24) is 19.9 Å². The summed E-state index contributed by atoms with van der Waals surface area (Å²) in [7, 11) is 0. The van der Waals surface area contributed by atoms with Crippen molar-refractivity contribution in [3.05, 3.63) is 199 Å². The van der Waals surface area contributed by atoms with Crippen LogP contribution in [0.3, 0.4) is 0 Å². The molecule has 6 nitrogen and oxygen atoms in total. The molecule has 3 aromatic heterocycles. The zero-order valence-corrected chi connectivity index (χ0v) is 30.4. The minimum atomic E-state index is 0.615. The Hall–Kier alpha value is -7.44. The molecule has 6 heteroatoms. The van der Waals surface area contributed by atoms with E-state index in [4.69, 9.17) is 24.9 Å². The lowest BCUT2D eigenvalue weighted by Gasteiger charge is -2.13. The van der Waals surface area contributed by atoms with E-state index in [1.165, 1.54) is 0 Å². The van der Waals surface area contributed by atoms with E-state index in [1.54, 1.807) is 0 Å². The van der Waals surface area contributed by atoms with Gasteiger partial charge >= 0.3 is 0 Å². The third-order valence-electron chi connectivity index (χ3n) is 10.2. The first kappa shape index (κ1) is 33.2. The van der Waals surface area contributed by atoms with Crippen LogP contribution >= 0.6 is 0 Å². The predicted molar refractivity (Wildman–Crippen MR) is 230 cm³/mol. The Morgan fingerprint density at radius 1 is 0.393 bits per heavy atom. The summed E-state index contributed by atoms with van der Waals surface area (Å²) in [5.41, 5.74) is 12.7. The zero-order valence-electron chi connectivity index (χ0n) is 30.4. The molecule has 10 rings (SSSR count). The molecule has 6 aromatic carbocycles. The third kappa shape index (κ3) is 6.65. The van der Waals surface area contributed by atoms with E-state index in [9.17, 15) is 0 Å². The van der Waals surface area contributed by atoms with Gasteiger partial charge in [-0.3, -0.25) is 0 Å². The summed E-state index contributed by atoms with van der Waals surface area (Å²) in [4.78, 5) is 29.8. The van der Waals surface area contributed by atoms with Gasteiger partial charge in [-0.2, -0.15) is 0 Å². The molecule has 0 amide bonds. The van der Waals surface area contributed by atoms with E-state index in [0.29, 0.717) is 11.7 Å². The number of aliphatic imine (C=N–C) groups is 2. The van der Waals surface area contributed by atoms with Gasteiger partial charge in [-0.25, -0.2) is 29.9 Å². The summed E-state index contributed by atoms with van der Waals surface area (Å²) in [6.07, 6.45) is 5.76. The first-order chi connectivity index (χ1) is 27.7. The molecule has 1 aliphatic heterocycles. The first-order valence-corrected chi connectivity index (χ1v) is 18.8. The van der Waals surface area contributed by atoms with Crippen LogP contribution in [0.5, 0.6) is 0 Å². The van der Waals surface area contributed by atoms with Crippen molar-refractivity contribution >= 4 is 50.0 Å². The highest BCUT2D eigenvalue weighted by Crippen LogP contribution is 2.31. The van der Waals surface area contributed by atoms with Gasteiger partial charge in [0, 0.05) is 33.5 Å². The topological polar surface area (TPSA) is 76.3 Å². The molecule has 0 fully saturated rings. The standard InChI is InChI=1S/C50H34N6/c1-3-10-33(11-4-1)42-16-9-17-43(55-49(54-42)38-12-5-2-6-13-38)34-18-20-35(21-19-34)45-28-26-36-22-24-39(30-47(36)52-45)40-25-23-37-27-29-46(53-48(37)31-40)50-51-32-41-14-7-8-15-44(41)56-50/h1-8,10-15,17-32H,9,16H2/b43-17-,54-42+,55-49-. The second-order valence-electron chi connectivity index (χ2n) is 13.9. The Balaban J connectivity index is 0.941. The number of para-hydroxylation sites is 1. The van der Waals surface area contributed by atoms with Gasteiger partial charge in [0.05, 0.1) is 33.7 Å². The van der Waals surface area contributed by atoms with Crippen molar-refractivity contribution < 1.29 is 0 Å². The molecule has 0 saturated heterocycles. The van der Waals surface area contributed by atoms with E-state index in [2.05, 4.69) is 126 Å². The molecule has 9 aromatic rings. The van der Waals surface area contributed by atoms with E-state index in [1.807, 2.05) is 60.8 Å². The van der Waals surface area contributed by atoms with E-state index in [0.717, 1.165) is 102 Å². The molecule has 56 heavy (non-hydrogen) atoms. The molecule has 0 saturated carbocycles. The van der Waals surface area contributed by atoms with Crippen molar-refractivity contribution in [1.29, 1.82) is 0 Å². The maximum atomic E-state index is 5.15. The molecule has 0 spiro atoms. The number of amidine groups is 1. The Morgan fingerprint density at radius 2 is 0.982 bits per heavy atom. The van der Waals surface area contributed by atoms with Crippen LogP contribution in [0.4, 0.5) is 0 Å². The number of allylic oxidation sites excluding steroid dienone is 1. The third-order valence-corrected chi connectivity index (χ3v) is 10.2. The fraction of sp³-hybridized carbons (Fsp3) is 0.0400. The maximum absolute atomic E-state index is 5.15. The summed E-state index contributed by atoms with van der Waals surface area (Å²) >= 11 is 0. The molecule has 0 N–H and O–H groups in total. The van der Waals surface area contributed by atoms with Gasteiger partial charge in [-0.05, 0) is 65.4 Å². The van der Waals surface area contributed by atoms with E-state index in [-0.39, 0.29) is 0 Å². The summed E-state index contributed by atoms with van der Waals surface area (Å²) < 4.78 is 0. The van der Waals surface area contributed by atoms with Crippen molar-refractivity contribution in [3.63, 3.8) is 0 Å². The van der Waals surface area contributed by atoms with Crippen LogP contribution in [0.25, 0.3) is 72.3 Å². The summed E-state index contributed by atoms with van der Waals surface area (Å²) in [6, 6.07) is 58.3. The van der Waals surface area contributed by atoms with Crippen LogP contribution in [0.15, 0.2) is 192 Å². The lowest BCUT2D eigenvalue weighted by atomic mass is 10.0. The van der Waals surface area contributed by atoms with Crippen molar-refractivity contribution in [2.24, 2.45) is 9.98 Å². The molecule has 264 valence electrons. The van der Waals surface area contributed by atoms with Crippen LogP contribution in [0.2, 0.25) is 0 Å². The van der Waals surface area contributed by atoms with E-state index < -0.39 is 0 Å². The van der Waals surface area contributed by atoms with Gasteiger partial charge < -0.3 is 0 Å². The first-order valence-electron chi connectivity index (χ1n) is 18.8. The van der Waals surface area contributed by atoms with Crippen LogP contribution in [0, 0.1) is 0 Å². The molecular formula is C50H34N6. The van der Waals surface area contributed by atoms with Gasteiger partial charge in [0.1, 0.15) is 5.69 Å². The largest absolute Gasteiger partial charge is 0.248 e. The number of benzene rings is 6. The average Bonchev–Trinajstić information content (AvgIpc) is 3.26. The van der Waals surface area contributed by atoms with Crippen LogP contribution < -0.4 is 0 Å². The summed E-state index contributed by atoms with van der Waals surface area (Å²) in [6.45, 7) is 0. The van der Waals surface area contributed by atoms with Crippen molar-refractivity contribution in [3.8, 4) is 33.9 Å². The van der Waals surface area contributed by atoms with Gasteiger partial charge in [0.25, 0.3) is 0 Å². The summed E-state index contributed by atoms with van der Waals surface area (Å²) in [5.74, 6) is 1.33. The average molecular weight is 719 g/mol. The van der Waals surface area contributed by atoms with Gasteiger partial charge in [0.2, 0.25) is 0 Å². The summed E-state index contributed by atoms with van der Waals surface area (Å²) in [5, 5.41) is 3.15. The molecular weight excluding hydrogens is 685 g/mol.